The maximum atomic E-state index is 12.8. The van der Waals surface area contributed by atoms with E-state index in [1.165, 1.54) is 0 Å². The monoisotopic (exact) mass is 383 g/mol. The molecule has 1 fully saturated rings. The Morgan fingerprint density at radius 2 is 1.93 bits per heavy atom. The van der Waals surface area contributed by atoms with Gasteiger partial charge in [0.05, 0.1) is 19.2 Å². The summed E-state index contributed by atoms with van der Waals surface area (Å²) in [5, 5.41) is 1.80. The van der Waals surface area contributed by atoms with E-state index >= 15 is 0 Å². The van der Waals surface area contributed by atoms with Crippen LogP contribution in [0.15, 0.2) is 48.7 Å². The number of piperazine rings is 1. The summed E-state index contributed by atoms with van der Waals surface area (Å²) in [5.41, 5.74) is 3.10. The summed E-state index contributed by atoms with van der Waals surface area (Å²) in [4.78, 5) is 20.2. The Morgan fingerprint density at radius 3 is 2.70 bits per heavy atom. The molecule has 0 saturated carbocycles. The minimum atomic E-state index is 0.164. The van der Waals surface area contributed by atoms with E-state index in [2.05, 4.69) is 16.0 Å². The van der Waals surface area contributed by atoms with Crippen LogP contribution in [0, 0.1) is 0 Å². The Balaban J connectivity index is 1.42. The highest BCUT2D eigenvalue weighted by atomic mass is 35.5. The number of fused-ring (bicyclic) bond motifs is 1. The van der Waals surface area contributed by atoms with Crippen LogP contribution in [-0.2, 0) is 11.2 Å². The second-order valence-electron chi connectivity index (χ2n) is 6.72. The average Bonchev–Trinajstić information content (AvgIpc) is 3.11. The first-order valence-corrected chi connectivity index (χ1v) is 9.45. The minimum Gasteiger partial charge on any atom is -0.495 e. The summed E-state index contributed by atoms with van der Waals surface area (Å²) in [6, 6.07) is 13.7. The van der Waals surface area contributed by atoms with Crippen LogP contribution in [0.1, 0.15) is 5.56 Å². The number of anilines is 1. The highest BCUT2D eigenvalue weighted by molar-refractivity contribution is 6.30. The van der Waals surface area contributed by atoms with E-state index in [-0.39, 0.29) is 5.91 Å². The molecule has 27 heavy (non-hydrogen) atoms. The van der Waals surface area contributed by atoms with E-state index in [4.69, 9.17) is 16.3 Å². The second kappa shape index (κ2) is 7.53. The molecule has 2 heterocycles. The fourth-order valence-electron chi connectivity index (χ4n) is 3.66. The summed E-state index contributed by atoms with van der Waals surface area (Å²) in [5.74, 6) is 0.968. The van der Waals surface area contributed by atoms with Gasteiger partial charge in [0.1, 0.15) is 5.75 Å². The summed E-state index contributed by atoms with van der Waals surface area (Å²) in [6.07, 6.45) is 2.36. The first-order chi connectivity index (χ1) is 13.2. The van der Waals surface area contributed by atoms with E-state index in [0.717, 1.165) is 41.0 Å². The van der Waals surface area contributed by atoms with Gasteiger partial charge >= 0.3 is 0 Å². The van der Waals surface area contributed by atoms with Crippen molar-refractivity contribution < 1.29 is 9.53 Å². The van der Waals surface area contributed by atoms with Gasteiger partial charge in [-0.05, 0) is 29.8 Å². The quantitative estimate of drug-likeness (QED) is 0.747. The summed E-state index contributed by atoms with van der Waals surface area (Å²) in [7, 11) is 1.66. The SMILES string of the molecule is COc1ccc(Cl)cc1N1CCN(C(=O)Cc2c[nH]c3ccccc23)CC1. The molecule has 1 N–H and O–H groups in total. The van der Waals surface area contributed by atoms with Crippen molar-refractivity contribution in [3.63, 3.8) is 0 Å². The van der Waals surface area contributed by atoms with E-state index in [9.17, 15) is 4.79 Å². The van der Waals surface area contributed by atoms with E-state index in [1.54, 1.807) is 7.11 Å². The molecule has 0 spiro atoms. The first-order valence-electron chi connectivity index (χ1n) is 9.07. The minimum absolute atomic E-state index is 0.164. The number of methoxy groups -OCH3 is 1. The number of H-pyrrole nitrogens is 1. The molecule has 1 aliphatic heterocycles. The van der Waals surface area contributed by atoms with Crippen molar-refractivity contribution in [1.82, 2.24) is 9.88 Å². The normalized spacial score (nSPS) is 14.6. The molecule has 1 amide bonds. The molecule has 140 valence electrons. The van der Waals surface area contributed by atoms with Crippen LogP contribution >= 0.6 is 11.6 Å². The van der Waals surface area contributed by atoms with Crippen molar-refractivity contribution in [3.05, 3.63) is 59.2 Å². The molecule has 1 aliphatic rings. The number of halogens is 1. The number of rotatable bonds is 4. The van der Waals surface area contributed by atoms with Crippen LogP contribution in [0.3, 0.4) is 0 Å². The fourth-order valence-corrected chi connectivity index (χ4v) is 3.83. The lowest BCUT2D eigenvalue weighted by atomic mass is 10.1. The lowest BCUT2D eigenvalue weighted by Gasteiger charge is -2.36. The highest BCUT2D eigenvalue weighted by Crippen LogP contribution is 2.32. The summed E-state index contributed by atoms with van der Waals surface area (Å²) < 4.78 is 5.45. The van der Waals surface area contributed by atoms with E-state index in [1.807, 2.05) is 47.5 Å². The number of carbonyl (C=O) groups is 1. The molecule has 0 aliphatic carbocycles. The zero-order valence-corrected chi connectivity index (χ0v) is 16.0. The Bertz CT molecular complexity index is 961. The average molecular weight is 384 g/mol. The van der Waals surface area contributed by atoms with Crippen LogP contribution in [0.25, 0.3) is 10.9 Å². The van der Waals surface area contributed by atoms with Gasteiger partial charge in [-0.1, -0.05) is 29.8 Å². The molecule has 0 atom stereocenters. The Hall–Kier alpha value is -2.66. The maximum Gasteiger partial charge on any atom is 0.227 e. The number of hydrogen-bond donors (Lipinski definition) is 1. The van der Waals surface area contributed by atoms with Gasteiger partial charge in [0.25, 0.3) is 0 Å². The number of amides is 1. The van der Waals surface area contributed by atoms with Crippen molar-refractivity contribution in [3.8, 4) is 5.75 Å². The topological polar surface area (TPSA) is 48.6 Å². The van der Waals surface area contributed by atoms with Gasteiger partial charge in [-0.15, -0.1) is 0 Å². The fraction of sp³-hybridized carbons (Fsp3) is 0.286. The van der Waals surface area contributed by atoms with Gasteiger partial charge in [-0.2, -0.15) is 0 Å². The van der Waals surface area contributed by atoms with Crippen LogP contribution in [-0.4, -0.2) is 49.1 Å². The molecule has 3 aromatic rings. The summed E-state index contributed by atoms with van der Waals surface area (Å²) >= 11 is 6.15. The number of carbonyl (C=O) groups excluding carboxylic acids is 1. The third-order valence-corrected chi connectivity index (χ3v) is 5.37. The predicted octanol–water partition coefficient (Wildman–Crippen LogP) is 3.72. The molecule has 0 unspecified atom stereocenters. The smallest absolute Gasteiger partial charge is 0.227 e. The number of nitrogens with zero attached hydrogens (tertiary/aromatic N) is 2. The highest BCUT2D eigenvalue weighted by Gasteiger charge is 2.23. The van der Waals surface area contributed by atoms with Crippen LogP contribution < -0.4 is 9.64 Å². The van der Waals surface area contributed by atoms with Gasteiger partial charge in [0, 0.05) is 48.3 Å². The van der Waals surface area contributed by atoms with Crippen molar-refractivity contribution in [1.29, 1.82) is 0 Å². The number of aromatic amines is 1. The molecule has 0 bridgehead atoms. The first kappa shape index (κ1) is 17.7. The molecule has 1 aromatic heterocycles. The number of hydrogen-bond acceptors (Lipinski definition) is 3. The Labute approximate surface area is 163 Å². The van der Waals surface area contributed by atoms with E-state index < -0.39 is 0 Å². The number of aromatic nitrogens is 1. The van der Waals surface area contributed by atoms with Crippen LogP contribution in [0.4, 0.5) is 5.69 Å². The predicted molar refractivity (Wildman–Crippen MR) is 109 cm³/mol. The maximum absolute atomic E-state index is 12.8. The van der Waals surface area contributed by atoms with Crippen LogP contribution in [0.2, 0.25) is 5.02 Å². The molecule has 4 rings (SSSR count). The molecule has 1 saturated heterocycles. The van der Waals surface area contributed by atoms with Crippen LogP contribution in [0.5, 0.6) is 5.75 Å². The Kier molecular flexibility index (Phi) is 4.94. The molecule has 0 radical (unpaired) electrons. The van der Waals surface area contributed by atoms with Gasteiger partial charge in [-0.25, -0.2) is 0 Å². The van der Waals surface area contributed by atoms with Crippen molar-refractivity contribution in [2.75, 3.05) is 38.2 Å². The molecule has 2 aromatic carbocycles. The zero-order valence-electron chi connectivity index (χ0n) is 15.2. The van der Waals surface area contributed by atoms with Gasteiger partial charge < -0.3 is 19.5 Å². The van der Waals surface area contributed by atoms with Crippen molar-refractivity contribution >= 4 is 34.1 Å². The molecular formula is C21H22ClN3O2. The summed E-state index contributed by atoms with van der Waals surface area (Å²) in [6.45, 7) is 2.90. The zero-order chi connectivity index (χ0) is 18.8. The van der Waals surface area contributed by atoms with Gasteiger partial charge in [0.15, 0.2) is 0 Å². The number of ether oxygens (including phenoxy) is 1. The number of nitrogens with one attached hydrogen (secondary N) is 1. The van der Waals surface area contributed by atoms with Crippen molar-refractivity contribution in [2.24, 2.45) is 0 Å². The molecule has 6 heteroatoms. The third-order valence-electron chi connectivity index (χ3n) is 5.13. The van der Waals surface area contributed by atoms with Gasteiger partial charge in [-0.3, -0.25) is 4.79 Å². The number of para-hydroxylation sites is 1. The third kappa shape index (κ3) is 3.60. The molecule has 5 nitrogen and oxygen atoms in total. The van der Waals surface area contributed by atoms with Gasteiger partial charge in [0.2, 0.25) is 5.91 Å². The number of benzene rings is 2. The molecular weight excluding hydrogens is 362 g/mol. The van der Waals surface area contributed by atoms with E-state index in [0.29, 0.717) is 24.5 Å². The van der Waals surface area contributed by atoms with Crippen molar-refractivity contribution in [2.45, 2.75) is 6.42 Å². The largest absolute Gasteiger partial charge is 0.495 e. The lowest BCUT2D eigenvalue weighted by Crippen LogP contribution is -2.49. The second-order valence-corrected chi connectivity index (χ2v) is 7.16. The Morgan fingerprint density at radius 1 is 1.15 bits per heavy atom. The standard InChI is InChI=1S/C21H22ClN3O2/c1-27-20-7-6-16(22)13-19(20)24-8-10-25(11-9-24)21(26)12-15-14-23-18-5-3-2-4-17(15)18/h2-7,13-14,23H,8-12H2,1H3. The lowest BCUT2D eigenvalue weighted by molar-refractivity contribution is -0.130.